The molecule has 0 fully saturated rings. The van der Waals surface area contributed by atoms with E-state index in [1.165, 1.54) is 6.20 Å². The quantitative estimate of drug-likeness (QED) is 0.910. The van der Waals surface area contributed by atoms with Crippen molar-refractivity contribution in [3.8, 4) is 17.1 Å². The summed E-state index contributed by atoms with van der Waals surface area (Å²) in [5, 5.41) is 8.99. The van der Waals surface area contributed by atoms with Gasteiger partial charge in [-0.25, -0.2) is 14.8 Å². The number of hydrogen-bond donors (Lipinski definition) is 1. The highest BCUT2D eigenvalue weighted by Crippen LogP contribution is 2.23. The fourth-order valence-electron chi connectivity index (χ4n) is 1.81. The summed E-state index contributed by atoms with van der Waals surface area (Å²) in [5.74, 6) is 0.0947. The van der Waals surface area contributed by atoms with Crippen LogP contribution in [0.25, 0.3) is 11.4 Å². The molecular formula is C15H17N3O3. The molecule has 2 aromatic rings. The zero-order chi connectivity index (χ0) is 15.4. The fraction of sp³-hybridized carbons (Fsp3) is 0.333. The van der Waals surface area contributed by atoms with Crippen molar-refractivity contribution in [2.75, 3.05) is 6.61 Å². The molecule has 0 saturated heterocycles. The SMILES string of the molecule is CCCOc1cc(-c2ncc(C(=O)O)c(C)n2)cnc1C. The largest absolute Gasteiger partial charge is 0.492 e. The number of carbonyl (C=O) groups is 1. The van der Waals surface area contributed by atoms with Gasteiger partial charge in [0.2, 0.25) is 0 Å². The van der Waals surface area contributed by atoms with Gasteiger partial charge in [-0.1, -0.05) is 6.92 Å². The number of rotatable bonds is 5. The molecule has 6 nitrogen and oxygen atoms in total. The van der Waals surface area contributed by atoms with Crippen LogP contribution in [0.4, 0.5) is 0 Å². The second-order valence-corrected chi connectivity index (χ2v) is 4.65. The summed E-state index contributed by atoms with van der Waals surface area (Å²) in [6.07, 6.45) is 3.88. The van der Waals surface area contributed by atoms with Gasteiger partial charge in [0, 0.05) is 18.0 Å². The Morgan fingerprint density at radius 1 is 1.24 bits per heavy atom. The van der Waals surface area contributed by atoms with E-state index in [4.69, 9.17) is 9.84 Å². The zero-order valence-electron chi connectivity index (χ0n) is 12.3. The predicted octanol–water partition coefficient (Wildman–Crippen LogP) is 2.64. The molecule has 2 rings (SSSR count). The van der Waals surface area contributed by atoms with Crippen molar-refractivity contribution in [3.63, 3.8) is 0 Å². The molecule has 1 N–H and O–H groups in total. The van der Waals surface area contributed by atoms with Crippen LogP contribution in [0.5, 0.6) is 5.75 Å². The Morgan fingerprint density at radius 3 is 2.62 bits per heavy atom. The lowest BCUT2D eigenvalue weighted by Gasteiger charge is -2.09. The molecule has 0 aliphatic carbocycles. The number of hydrogen-bond acceptors (Lipinski definition) is 5. The summed E-state index contributed by atoms with van der Waals surface area (Å²) in [5.41, 5.74) is 2.02. The number of pyridine rings is 1. The van der Waals surface area contributed by atoms with E-state index in [1.54, 1.807) is 13.1 Å². The van der Waals surface area contributed by atoms with Crippen LogP contribution in [0.3, 0.4) is 0 Å². The van der Waals surface area contributed by atoms with E-state index in [0.29, 0.717) is 29.4 Å². The van der Waals surface area contributed by atoms with Gasteiger partial charge in [0.25, 0.3) is 0 Å². The van der Waals surface area contributed by atoms with Crippen molar-refractivity contribution in [3.05, 3.63) is 35.4 Å². The van der Waals surface area contributed by atoms with Crippen LogP contribution in [0.2, 0.25) is 0 Å². The highest BCUT2D eigenvalue weighted by molar-refractivity contribution is 5.88. The van der Waals surface area contributed by atoms with Gasteiger partial charge in [0.05, 0.1) is 23.6 Å². The average molecular weight is 287 g/mol. The van der Waals surface area contributed by atoms with E-state index >= 15 is 0 Å². The number of ether oxygens (including phenoxy) is 1. The van der Waals surface area contributed by atoms with E-state index in [2.05, 4.69) is 15.0 Å². The average Bonchev–Trinajstić information content (AvgIpc) is 2.46. The van der Waals surface area contributed by atoms with Gasteiger partial charge in [-0.05, 0) is 26.3 Å². The Balaban J connectivity index is 2.38. The molecule has 0 aromatic carbocycles. The van der Waals surface area contributed by atoms with Crippen molar-refractivity contribution in [2.45, 2.75) is 27.2 Å². The molecule has 0 amide bonds. The molecular weight excluding hydrogens is 270 g/mol. The standard InChI is InChI=1S/C15H17N3O3/c1-4-5-21-13-6-11(7-16-10(13)3)14-17-8-12(15(19)20)9(2)18-14/h6-8H,4-5H2,1-3H3,(H,19,20). The Hall–Kier alpha value is -2.50. The van der Waals surface area contributed by atoms with Crippen molar-refractivity contribution in [1.82, 2.24) is 15.0 Å². The van der Waals surface area contributed by atoms with Crippen LogP contribution in [-0.4, -0.2) is 32.6 Å². The molecule has 0 saturated carbocycles. The number of carboxylic acids is 1. The number of aromatic carboxylic acids is 1. The van der Waals surface area contributed by atoms with Gasteiger partial charge >= 0.3 is 5.97 Å². The summed E-state index contributed by atoms with van der Waals surface area (Å²) in [6.45, 7) is 6.16. The highest BCUT2D eigenvalue weighted by Gasteiger charge is 2.12. The molecule has 0 bridgehead atoms. The van der Waals surface area contributed by atoms with Gasteiger partial charge in [-0.3, -0.25) is 4.98 Å². The second-order valence-electron chi connectivity index (χ2n) is 4.65. The lowest BCUT2D eigenvalue weighted by Crippen LogP contribution is -2.05. The van der Waals surface area contributed by atoms with Crippen molar-refractivity contribution < 1.29 is 14.6 Å². The van der Waals surface area contributed by atoms with E-state index < -0.39 is 5.97 Å². The Morgan fingerprint density at radius 2 is 2.00 bits per heavy atom. The molecule has 0 atom stereocenters. The normalized spacial score (nSPS) is 10.4. The number of carboxylic acid groups (broad SMARTS) is 1. The molecule has 0 spiro atoms. The van der Waals surface area contributed by atoms with Crippen molar-refractivity contribution >= 4 is 5.97 Å². The van der Waals surface area contributed by atoms with Crippen LogP contribution in [0.1, 0.15) is 35.1 Å². The molecule has 110 valence electrons. The second kappa shape index (κ2) is 6.30. The van der Waals surface area contributed by atoms with Crippen molar-refractivity contribution in [2.24, 2.45) is 0 Å². The van der Waals surface area contributed by atoms with E-state index in [0.717, 1.165) is 12.1 Å². The Labute approximate surface area is 122 Å². The molecule has 0 aliphatic heterocycles. The summed E-state index contributed by atoms with van der Waals surface area (Å²) in [6, 6.07) is 1.83. The number of nitrogens with zero attached hydrogens (tertiary/aromatic N) is 3. The first-order valence-electron chi connectivity index (χ1n) is 6.69. The summed E-state index contributed by atoms with van der Waals surface area (Å²) >= 11 is 0. The minimum Gasteiger partial charge on any atom is -0.492 e. The molecule has 0 unspecified atom stereocenters. The van der Waals surface area contributed by atoms with Gasteiger partial charge in [-0.2, -0.15) is 0 Å². The zero-order valence-corrected chi connectivity index (χ0v) is 12.3. The maximum Gasteiger partial charge on any atom is 0.339 e. The predicted molar refractivity (Wildman–Crippen MR) is 77.5 cm³/mol. The van der Waals surface area contributed by atoms with Crippen LogP contribution < -0.4 is 4.74 Å². The first-order valence-corrected chi connectivity index (χ1v) is 6.69. The minimum atomic E-state index is -1.03. The third-order valence-electron chi connectivity index (χ3n) is 2.97. The Bertz CT molecular complexity index is 671. The van der Waals surface area contributed by atoms with Crippen LogP contribution >= 0.6 is 0 Å². The first-order chi connectivity index (χ1) is 10.0. The third kappa shape index (κ3) is 3.34. The molecule has 0 aliphatic rings. The maximum absolute atomic E-state index is 11.0. The topological polar surface area (TPSA) is 85.2 Å². The van der Waals surface area contributed by atoms with Crippen LogP contribution in [0, 0.1) is 13.8 Å². The highest BCUT2D eigenvalue weighted by atomic mass is 16.5. The van der Waals surface area contributed by atoms with Crippen LogP contribution in [0.15, 0.2) is 18.5 Å². The number of aryl methyl sites for hydroxylation is 2. The van der Waals surface area contributed by atoms with E-state index in [-0.39, 0.29) is 5.56 Å². The van der Waals surface area contributed by atoms with Gasteiger partial charge in [0.1, 0.15) is 5.75 Å². The molecule has 2 heterocycles. The molecule has 6 heteroatoms. The first kappa shape index (κ1) is 14.9. The van der Waals surface area contributed by atoms with Gasteiger partial charge in [-0.15, -0.1) is 0 Å². The monoisotopic (exact) mass is 287 g/mol. The van der Waals surface area contributed by atoms with E-state index in [9.17, 15) is 4.79 Å². The summed E-state index contributed by atoms with van der Waals surface area (Å²) in [4.78, 5) is 23.6. The lowest BCUT2D eigenvalue weighted by atomic mass is 10.2. The summed E-state index contributed by atoms with van der Waals surface area (Å²) in [7, 11) is 0. The van der Waals surface area contributed by atoms with Gasteiger partial charge in [0.15, 0.2) is 5.82 Å². The van der Waals surface area contributed by atoms with E-state index in [1.807, 2.05) is 19.9 Å². The summed E-state index contributed by atoms with van der Waals surface area (Å²) < 4.78 is 5.63. The molecule has 2 aromatic heterocycles. The van der Waals surface area contributed by atoms with Crippen molar-refractivity contribution in [1.29, 1.82) is 0 Å². The molecule has 21 heavy (non-hydrogen) atoms. The number of aromatic nitrogens is 3. The van der Waals surface area contributed by atoms with Gasteiger partial charge < -0.3 is 9.84 Å². The maximum atomic E-state index is 11.0. The smallest absolute Gasteiger partial charge is 0.339 e. The molecule has 0 radical (unpaired) electrons. The lowest BCUT2D eigenvalue weighted by molar-refractivity contribution is 0.0695. The van der Waals surface area contributed by atoms with Crippen LogP contribution in [-0.2, 0) is 0 Å². The third-order valence-corrected chi connectivity index (χ3v) is 2.97. The minimum absolute atomic E-state index is 0.0984. The Kier molecular flexibility index (Phi) is 4.47. The fourth-order valence-corrected chi connectivity index (χ4v) is 1.81.